The zero-order chi connectivity index (χ0) is 17.6. The lowest BCUT2D eigenvalue weighted by Gasteiger charge is -2.29. The van der Waals surface area contributed by atoms with Crippen molar-refractivity contribution in [3.8, 4) is 0 Å². The van der Waals surface area contributed by atoms with E-state index in [0.717, 1.165) is 5.56 Å². The van der Waals surface area contributed by atoms with E-state index < -0.39 is 22.0 Å². The lowest BCUT2D eigenvalue weighted by molar-refractivity contribution is -0.145. The van der Waals surface area contributed by atoms with Crippen molar-refractivity contribution in [3.63, 3.8) is 0 Å². The molecule has 1 aliphatic rings. The number of nitrogens with zero attached hydrogens (tertiary/aromatic N) is 1. The summed E-state index contributed by atoms with van der Waals surface area (Å²) in [5.41, 5.74) is 0.962. The minimum absolute atomic E-state index is 0.129. The van der Waals surface area contributed by atoms with Gasteiger partial charge < -0.3 is 9.47 Å². The first kappa shape index (κ1) is 18.9. The summed E-state index contributed by atoms with van der Waals surface area (Å²) >= 11 is 0. The van der Waals surface area contributed by atoms with Crippen LogP contribution in [0.5, 0.6) is 0 Å². The third kappa shape index (κ3) is 5.27. The first-order valence-electron chi connectivity index (χ1n) is 7.98. The molecule has 24 heavy (non-hydrogen) atoms. The van der Waals surface area contributed by atoms with Crippen LogP contribution < -0.4 is 4.72 Å². The van der Waals surface area contributed by atoms with Crippen molar-refractivity contribution in [2.45, 2.75) is 24.8 Å². The van der Waals surface area contributed by atoms with E-state index >= 15 is 0 Å². The fraction of sp³-hybridized carbons (Fsp3) is 0.562. The molecule has 0 bridgehead atoms. The van der Waals surface area contributed by atoms with Crippen LogP contribution in [0.4, 0.5) is 0 Å². The Kier molecular flexibility index (Phi) is 6.73. The van der Waals surface area contributed by atoms with Gasteiger partial charge in [-0.2, -0.15) is 4.72 Å². The number of carbonyl (C=O) groups excluding carboxylic acids is 1. The minimum atomic E-state index is -3.80. The topological polar surface area (TPSA) is 84.9 Å². The van der Waals surface area contributed by atoms with Crippen LogP contribution in [0.2, 0.25) is 0 Å². The van der Waals surface area contributed by atoms with Crippen LogP contribution >= 0.6 is 0 Å². The van der Waals surface area contributed by atoms with Crippen molar-refractivity contribution in [2.24, 2.45) is 0 Å². The predicted molar refractivity (Wildman–Crippen MR) is 89.2 cm³/mol. The maximum Gasteiger partial charge on any atom is 0.325 e. The van der Waals surface area contributed by atoms with Gasteiger partial charge in [-0.15, -0.1) is 0 Å². The Hall–Kier alpha value is -1.48. The smallest absolute Gasteiger partial charge is 0.325 e. The summed E-state index contributed by atoms with van der Waals surface area (Å²) in [5, 5.41) is 0. The number of nitrogens with one attached hydrogen (secondary N) is 1. The highest BCUT2D eigenvalue weighted by Crippen LogP contribution is 2.12. The zero-order valence-corrected chi connectivity index (χ0v) is 14.8. The number of sulfonamides is 1. The minimum Gasteiger partial charge on any atom is -0.465 e. The summed E-state index contributed by atoms with van der Waals surface area (Å²) in [7, 11) is -3.80. The number of carbonyl (C=O) groups is 1. The van der Waals surface area contributed by atoms with Crippen LogP contribution in [0.25, 0.3) is 0 Å². The van der Waals surface area contributed by atoms with Gasteiger partial charge in [-0.1, -0.05) is 17.7 Å². The summed E-state index contributed by atoms with van der Waals surface area (Å²) in [6, 6.07) is 5.53. The summed E-state index contributed by atoms with van der Waals surface area (Å²) in [4.78, 5) is 14.3. The van der Waals surface area contributed by atoms with E-state index in [0.29, 0.717) is 26.3 Å². The van der Waals surface area contributed by atoms with Crippen molar-refractivity contribution < 1.29 is 22.7 Å². The normalized spacial score (nSPS) is 17.4. The molecule has 1 saturated heterocycles. The van der Waals surface area contributed by atoms with Crippen molar-refractivity contribution in [1.29, 1.82) is 0 Å². The average molecular weight is 356 g/mol. The monoisotopic (exact) mass is 356 g/mol. The first-order chi connectivity index (χ1) is 11.4. The Morgan fingerprint density at radius 3 is 2.50 bits per heavy atom. The van der Waals surface area contributed by atoms with Crippen LogP contribution in [0.15, 0.2) is 29.2 Å². The van der Waals surface area contributed by atoms with E-state index in [4.69, 9.17) is 9.47 Å². The van der Waals surface area contributed by atoms with Crippen molar-refractivity contribution in [1.82, 2.24) is 9.62 Å². The Labute approximate surface area is 143 Å². The number of hydrogen-bond donors (Lipinski definition) is 1. The number of ether oxygens (including phenoxy) is 2. The van der Waals surface area contributed by atoms with Gasteiger partial charge in [0.05, 0.1) is 24.7 Å². The molecule has 1 heterocycles. The van der Waals surface area contributed by atoms with Crippen LogP contribution in [0, 0.1) is 6.92 Å². The fourth-order valence-corrected chi connectivity index (χ4v) is 3.59. The number of benzene rings is 1. The van der Waals surface area contributed by atoms with Gasteiger partial charge in [0.15, 0.2) is 0 Å². The van der Waals surface area contributed by atoms with Crippen LogP contribution in [0.3, 0.4) is 0 Å². The second-order valence-corrected chi connectivity index (χ2v) is 7.37. The standard InChI is InChI=1S/C16H24N2O5S/c1-3-23-16(19)15(12-18-8-10-22-11-9-18)17-24(20,21)14-6-4-13(2)5-7-14/h4-7,15,17H,3,8-12H2,1-2H3. The van der Waals surface area contributed by atoms with Crippen molar-refractivity contribution >= 4 is 16.0 Å². The molecule has 0 amide bonds. The second kappa shape index (κ2) is 8.57. The molecule has 134 valence electrons. The van der Waals surface area contributed by atoms with Gasteiger partial charge in [-0.05, 0) is 26.0 Å². The summed E-state index contributed by atoms with van der Waals surface area (Å²) in [6.07, 6.45) is 0. The summed E-state index contributed by atoms with van der Waals surface area (Å²) in [6.45, 7) is 6.48. The molecular formula is C16H24N2O5S. The quantitative estimate of drug-likeness (QED) is 0.718. The van der Waals surface area contributed by atoms with E-state index in [1.54, 1.807) is 19.1 Å². The molecule has 0 aliphatic carbocycles. The van der Waals surface area contributed by atoms with Crippen molar-refractivity contribution in [2.75, 3.05) is 39.5 Å². The molecule has 8 heteroatoms. The molecule has 0 spiro atoms. The average Bonchev–Trinajstić information content (AvgIpc) is 2.55. The van der Waals surface area contributed by atoms with Gasteiger partial charge >= 0.3 is 5.97 Å². The Morgan fingerprint density at radius 2 is 1.92 bits per heavy atom. The lowest BCUT2D eigenvalue weighted by Crippen LogP contribution is -2.51. The summed E-state index contributed by atoms with van der Waals surface area (Å²) in [5.74, 6) is -0.570. The predicted octanol–water partition coefficient (Wildman–Crippen LogP) is 0.537. The fourth-order valence-electron chi connectivity index (χ4n) is 2.42. The van der Waals surface area contributed by atoms with Gasteiger partial charge in [0.25, 0.3) is 0 Å². The molecule has 1 aliphatic heterocycles. The SMILES string of the molecule is CCOC(=O)C(CN1CCOCC1)NS(=O)(=O)c1ccc(C)cc1. The van der Waals surface area contributed by atoms with E-state index in [1.165, 1.54) is 12.1 Å². The molecular weight excluding hydrogens is 332 g/mol. The third-order valence-corrected chi connectivity index (χ3v) is 5.23. The van der Waals surface area contributed by atoms with E-state index in [9.17, 15) is 13.2 Å². The molecule has 1 aromatic rings. The number of hydrogen-bond acceptors (Lipinski definition) is 6. The molecule has 2 rings (SSSR count). The van der Waals surface area contributed by atoms with Gasteiger partial charge in [0, 0.05) is 19.6 Å². The molecule has 1 fully saturated rings. The third-order valence-electron chi connectivity index (χ3n) is 3.74. The molecule has 0 saturated carbocycles. The van der Waals surface area contributed by atoms with Crippen LogP contribution in [0.1, 0.15) is 12.5 Å². The van der Waals surface area contributed by atoms with E-state index in [1.807, 2.05) is 11.8 Å². The zero-order valence-electron chi connectivity index (χ0n) is 14.0. The lowest BCUT2D eigenvalue weighted by atomic mass is 10.2. The van der Waals surface area contributed by atoms with Gasteiger partial charge in [0.1, 0.15) is 6.04 Å². The van der Waals surface area contributed by atoms with Gasteiger partial charge in [-0.25, -0.2) is 8.42 Å². The number of rotatable bonds is 7. The summed E-state index contributed by atoms with van der Waals surface area (Å²) < 4.78 is 37.9. The highest BCUT2D eigenvalue weighted by Gasteiger charge is 2.29. The van der Waals surface area contributed by atoms with Crippen molar-refractivity contribution in [3.05, 3.63) is 29.8 Å². The largest absolute Gasteiger partial charge is 0.465 e. The highest BCUT2D eigenvalue weighted by molar-refractivity contribution is 7.89. The van der Waals surface area contributed by atoms with Crippen LogP contribution in [-0.4, -0.2) is 64.8 Å². The van der Waals surface area contributed by atoms with Gasteiger partial charge in [0.2, 0.25) is 10.0 Å². The molecule has 0 aromatic heterocycles. The van der Waals surface area contributed by atoms with Crippen LogP contribution in [-0.2, 0) is 24.3 Å². The molecule has 7 nitrogen and oxygen atoms in total. The molecule has 1 unspecified atom stereocenters. The highest BCUT2D eigenvalue weighted by atomic mass is 32.2. The molecule has 1 atom stereocenters. The Bertz CT molecular complexity index is 639. The first-order valence-corrected chi connectivity index (χ1v) is 9.46. The molecule has 1 N–H and O–H groups in total. The Morgan fingerprint density at radius 1 is 1.29 bits per heavy atom. The van der Waals surface area contributed by atoms with E-state index in [2.05, 4.69) is 4.72 Å². The number of aryl methyl sites for hydroxylation is 1. The molecule has 1 aromatic carbocycles. The Balaban J connectivity index is 2.13. The number of esters is 1. The number of morpholine rings is 1. The maximum absolute atomic E-state index is 12.5. The van der Waals surface area contributed by atoms with E-state index in [-0.39, 0.29) is 18.0 Å². The maximum atomic E-state index is 12.5. The molecule has 0 radical (unpaired) electrons. The van der Waals surface area contributed by atoms with Gasteiger partial charge in [-0.3, -0.25) is 9.69 Å². The second-order valence-electron chi connectivity index (χ2n) is 5.65.